The van der Waals surface area contributed by atoms with E-state index in [0.29, 0.717) is 11.8 Å². The molecule has 2 fully saturated rings. The summed E-state index contributed by atoms with van der Waals surface area (Å²) in [5, 5.41) is 0. The Hall–Kier alpha value is -1.19. The summed E-state index contributed by atoms with van der Waals surface area (Å²) in [6.45, 7) is 5.27. The summed E-state index contributed by atoms with van der Waals surface area (Å²) in [5.74, 6) is 0.442. The number of Topliss-reactive ketones (excluding diaryl/α,β-unsaturated/α-hetero) is 1. The second-order valence-corrected chi connectivity index (χ2v) is 5.40. The molecule has 3 rings (SSSR count). The summed E-state index contributed by atoms with van der Waals surface area (Å²) >= 11 is 0. The van der Waals surface area contributed by atoms with Gasteiger partial charge < -0.3 is 0 Å². The van der Waals surface area contributed by atoms with Crippen molar-refractivity contribution in [2.75, 3.05) is 26.2 Å². The Bertz CT molecular complexity index is 418. The molecule has 18 heavy (non-hydrogen) atoms. The van der Waals surface area contributed by atoms with E-state index in [2.05, 4.69) is 40.1 Å². The number of fused-ring (bicyclic) bond motifs is 1. The maximum absolute atomic E-state index is 11.5. The lowest BCUT2D eigenvalue weighted by atomic mass is 9.98. The lowest BCUT2D eigenvalue weighted by Gasteiger charge is -2.43. The molecule has 0 amide bonds. The third-order valence-electron chi connectivity index (χ3n) is 4.08. The molecular formula is C15H20N2O. The molecular weight excluding hydrogens is 224 g/mol. The summed E-state index contributed by atoms with van der Waals surface area (Å²) in [6, 6.07) is 11.1. The van der Waals surface area contributed by atoms with Crippen LogP contribution < -0.4 is 0 Å². The normalized spacial score (nSPS) is 26.0. The van der Waals surface area contributed by atoms with Crippen molar-refractivity contribution < 1.29 is 4.79 Å². The smallest absolute Gasteiger partial charge is 0.135 e. The zero-order valence-corrected chi connectivity index (χ0v) is 10.7. The van der Waals surface area contributed by atoms with E-state index in [0.717, 1.165) is 45.6 Å². The fraction of sp³-hybridized carbons (Fsp3) is 0.533. The SMILES string of the molecule is O=C1CCN2CCN(Cc3ccccc3)C[C@@H]2C1. The molecule has 0 unspecified atom stereocenters. The Balaban J connectivity index is 1.61. The van der Waals surface area contributed by atoms with Crippen molar-refractivity contribution >= 4 is 5.78 Å². The maximum atomic E-state index is 11.5. The van der Waals surface area contributed by atoms with Gasteiger partial charge in [-0.25, -0.2) is 0 Å². The highest BCUT2D eigenvalue weighted by molar-refractivity contribution is 5.80. The second-order valence-electron chi connectivity index (χ2n) is 5.40. The van der Waals surface area contributed by atoms with Crippen molar-refractivity contribution in [1.29, 1.82) is 0 Å². The summed E-state index contributed by atoms with van der Waals surface area (Å²) in [5.41, 5.74) is 1.37. The van der Waals surface area contributed by atoms with Gasteiger partial charge in [-0.1, -0.05) is 30.3 Å². The van der Waals surface area contributed by atoms with Gasteiger partial charge in [-0.05, 0) is 5.56 Å². The third-order valence-corrected chi connectivity index (χ3v) is 4.08. The molecule has 2 aliphatic heterocycles. The standard InChI is InChI=1S/C15H20N2O/c18-15-6-7-17-9-8-16(12-14(17)10-15)11-13-4-2-1-3-5-13/h1-5,14H,6-12H2/t14-/m0/s1. The van der Waals surface area contributed by atoms with Crippen molar-refractivity contribution in [1.82, 2.24) is 9.80 Å². The summed E-state index contributed by atoms with van der Waals surface area (Å²) in [7, 11) is 0. The van der Waals surface area contributed by atoms with Gasteiger partial charge in [0, 0.05) is 51.6 Å². The van der Waals surface area contributed by atoms with Gasteiger partial charge in [0.15, 0.2) is 0 Å². The first-order chi connectivity index (χ1) is 8.81. The molecule has 0 bridgehead atoms. The van der Waals surface area contributed by atoms with Gasteiger partial charge in [0.05, 0.1) is 0 Å². The van der Waals surface area contributed by atoms with E-state index in [1.54, 1.807) is 0 Å². The average Bonchev–Trinajstić information content (AvgIpc) is 2.39. The number of carbonyl (C=O) groups excluding carboxylic acids is 1. The van der Waals surface area contributed by atoms with Crippen LogP contribution in [0.25, 0.3) is 0 Å². The molecule has 0 aromatic heterocycles. The molecule has 0 N–H and O–H groups in total. The first-order valence-electron chi connectivity index (χ1n) is 6.83. The van der Waals surface area contributed by atoms with Crippen LogP contribution in [0.2, 0.25) is 0 Å². The minimum Gasteiger partial charge on any atom is -0.300 e. The zero-order valence-electron chi connectivity index (χ0n) is 10.7. The molecule has 3 heteroatoms. The molecule has 1 aromatic carbocycles. The lowest BCUT2D eigenvalue weighted by molar-refractivity contribution is -0.124. The topological polar surface area (TPSA) is 23.6 Å². The van der Waals surface area contributed by atoms with Gasteiger partial charge in [0.25, 0.3) is 0 Å². The lowest BCUT2D eigenvalue weighted by Crippen LogP contribution is -2.55. The van der Waals surface area contributed by atoms with Crippen LogP contribution in [0.5, 0.6) is 0 Å². The Kier molecular flexibility index (Phi) is 3.43. The van der Waals surface area contributed by atoms with Crippen LogP contribution in [-0.4, -0.2) is 47.8 Å². The summed E-state index contributed by atoms with van der Waals surface area (Å²) in [4.78, 5) is 16.5. The maximum Gasteiger partial charge on any atom is 0.135 e. The number of carbonyl (C=O) groups is 1. The Morgan fingerprint density at radius 1 is 1.11 bits per heavy atom. The summed E-state index contributed by atoms with van der Waals surface area (Å²) < 4.78 is 0. The van der Waals surface area contributed by atoms with E-state index in [4.69, 9.17) is 0 Å². The molecule has 0 radical (unpaired) electrons. The fourth-order valence-corrected chi connectivity index (χ4v) is 3.06. The van der Waals surface area contributed by atoms with Gasteiger partial charge in [0.1, 0.15) is 5.78 Å². The molecule has 3 nitrogen and oxygen atoms in total. The number of rotatable bonds is 2. The van der Waals surface area contributed by atoms with E-state index < -0.39 is 0 Å². The van der Waals surface area contributed by atoms with Crippen LogP contribution in [0.4, 0.5) is 0 Å². The van der Waals surface area contributed by atoms with Crippen molar-refractivity contribution in [3.8, 4) is 0 Å². The van der Waals surface area contributed by atoms with Gasteiger partial charge in [-0.15, -0.1) is 0 Å². The highest BCUT2D eigenvalue weighted by Crippen LogP contribution is 2.20. The first-order valence-corrected chi connectivity index (χ1v) is 6.83. The van der Waals surface area contributed by atoms with Crippen molar-refractivity contribution in [3.63, 3.8) is 0 Å². The van der Waals surface area contributed by atoms with Crippen LogP contribution in [0.1, 0.15) is 18.4 Å². The van der Waals surface area contributed by atoms with Gasteiger partial charge in [0.2, 0.25) is 0 Å². The Morgan fingerprint density at radius 2 is 1.94 bits per heavy atom. The monoisotopic (exact) mass is 244 g/mol. The van der Waals surface area contributed by atoms with Crippen LogP contribution in [-0.2, 0) is 11.3 Å². The molecule has 2 heterocycles. The largest absolute Gasteiger partial charge is 0.300 e. The number of ketones is 1. The highest BCUT2D eigenvalue weighted by atomic mass is 16.1. The molecule has 0 spiro atoms. The number of piperidine rings is 1. The van der Waals surface area contributed by atoms with E-state index in [9.17, 15) is 4.79 Å². The molecule has 0 saturated carbocycles. The average molecular weight is 244 g/mol. The van der Waals surface area contributed by atoms with E-state index in [-0.39, 0.29) is 0 Å². The van der Waals surface area contributed by atoms with Crippen LogP contribution >= 0.6 is 0 Å². The fourth-order valence-electron chi connectivity index (χ4n) is 3.06. The van der Waals surface area contributed by atoms with E-state index in [1.165, 1.54) is 5.56 Å². The first kappa shape index (κ1) is 11.9. The van der Waals surface area contributed by atoms with Crippen LogP contribution in [0.3, 0.4) is 0 Å². The predicted octanol–water partition coefficient (Wildman–Crippen LogP) is 1.54. The number of hydrogen-bond acceptors (Lipinski definition) is 3. The van der Waals surface area contributed by atoms with E-state index >= 15 is 0 Å². The molecule has 0 aliphatic carbocycles. The van der Waals surface area contributed by atoms with Crippen LogP contribution in [0.15, 0.2) is 30.3 Å². The van der Waals surface area contributed by atoms with Crippen molar-refractivity contribution in [2.24, 2.45) is 0 Å². The molecule has 2 saturated heterocycles. The summed E-state index contributed by atoms with van der Waals surface area (Å²) in [6.07, 6.45) is 1.51. The number of piperazine rings is 1. The third kappa shape index (κ3) is 2.62. The predicted molar refractivity (Wildman–Crippen MR) is 71.3 cm³/mol. The van der Waals surface area contributed by atoms with E-state index in [1.807, 2.05) is 0 Å². The molecule has 96 valence electrons. The quantitative estimate of drug-likeness (QED) is 0.788. The zero-order chi connectivity index (χ0) is 12.4. The minimum absolute atomic E-state index is 0.442. The molecule has 2 aliphatic rings. The van der Waals surface area contributed by atoms with Gasteiger partial charge in [-0.2, -0.15) is 0 Å². The Morgan fingerprint density at radius 3 is 2.78 bits per heavy atom. The number of hydrogen-bond donors (Lipinski definition) is 0. The minimum atomic E-state index is 0.442. The molecule has 1 atom stereocenters. The number of benzene rings is 1. The van der Waals surface area contributed by atoms with Crippen molar-refractivity contribution in [2.45, 2.75) is 25.4 Å². The van der Waals surface area contributed by atoms with Crippen molar-refractivity contribution in [3.05, 3.63) is 35.9 Å². The molecule has 1 aromatic rings. The number of nitrogens with zero attached hydrogens (tertiary/aromatic N) is 2. The van der Waals surface area contributed by atoms with Gasteiger partial charge in [-0.3, -0.25) is 14.6 Å². The highest BCUT2D eigenvalue weighted by Gasteiger charge is 2.31. The van der Waals surface area contributed by atoms with Gasteiger partial charge >= 0.3 is 0 Å². The van der Waals surface area contributed by atoms with Crippen LogP contribution in [0, 0.1) is 0 Å². The Labute approximate surface area is 108 Å². The second kappa shape index (κ2) is 5.21.